The molecule has 4 nitrogen and oxygen atoms in total. The Hall–Kier alpha value is -0.900. The topological polar surface area (TPSA) is 42.2 Å². The third-order valence-corrected chi connectivity index (χ3v) is 3.73. The first-order valence-corrected chi connectivity index (χ1v) is 7.32. The molecule has 2 rings (SSSR count). The maximum absolute atomic E-state index is 5.31. The lowest BCUT2D eigenvalue weighted by atomic mass is 9.97. The number of piperidine rings is 1. The van der Waals surface area contributed by atoms with Crippen LogP contribution in [0.15, 0.2) is 4.52 Å². The summed E-state index contributed by atoms with van der Waals surface area (Å²) in [6.45, 7) is 7.69. The van der Waals surface area contributed by atoms with Crippen LogP contribution in [-0.4, -0.2) is 34.7 Å². The van der Waals surface area contributed by atoms with E-state index < -0.39 is 0 Å². The van der Waals surface area contributed by atoms with E-state index in [0.29, 0.717) is 5.92 Å². The Morgan fingerprint density at radius 2 is 2.22 bits per heavy atom. The van der Waals surface area contributed by atoms with E-state index in [4.69, 9.17) is 4.52 Å². The van der Waals surface area contributed by atoms with E-state index in [2.05, 4.69) is 22.0 Å². The molecule has 1 aromatic rings. The van der Waals surface area contributed by atoms with Crippen molar-refractivity contribution < 1.29 is 4.52 Å². The molecule has 1 aliphatic heterocycles. The third-order valence-electron chi connectivity index (χ3n) is 3.73. The normalized spacial score (nSPS) is 21.3. The number of nitrogens with zero attached hydrogens (tertiary/aromatic N) is 3. The predicted molar refractivity (Wildman–Crippen MR) is 71.6 cm³/mol. The molecule has 2 heterocycles. The highest BCUT2D eigenvalue weighted by atomic mass is 16.5. The zero-order valence-electron chi connectivity index (χ0n) is 11.7. The molecule has 0 N–H and O–H groups in total. The molecule has 0 spiro atoms. The van der Waals surface area contributed by atoms with Crippen LogP contribution in [0.1, 0.15) is 63.1 Å². The maximum Gasteiger partial charge on any atom is 0.231 e. The van der Waals surface area contributed by atoms with E-state index in [-0.39, 0.29) is 0 Å². The Bertz CT molecular complexity index is 351. The minimum Gasteiger partial charge on any atom is -0.339 e. The summed E-state index contributed by atoms with van der Waals surface area (Å²) in [6.07, 6.45) is 7.79. The van der Waals surface area contributed by atoms with E-state index in [1.165, 1.54) is 51.6 Å². The molecule has 1 atom stereocenters. The van der Waals surface area contributed by atoms with Gasteiger partial charge in [-0.2, -0.15) is 4.98 Å². The summed E-state index contributed by atoms with van der Waals surface area (Å²) in [6, 6.07) is 0. The van der Waals surface area contributed by atoms with E-state index >= 15 is 0 Å². The molecule has 0 amide bonds. The zero-order chi connectivity index (χ0) is 12.8. The number of hydrogen-bond acceptors (Lipinski definition) is 4. The lowest BCUT2D eigenvalue weighted by Gasteiger charge is -2.30. The zero-order valence-corrected chi connectivity index (χ0v) is 11.7. The van der Waals surface area contributed by atoms with Crippen LogP contribution in [0, 0.1) is 6.92 Å². The molecule has 1 aromatic heterocycles. The van der Waals surface area contributed by atoms with Crippen LogP contribution in [0.25, 0.3) is 0 Å². The molecule has 18 heavy (non-hydrogen) atoms. The standard InChI is InChI=1S/C14H25N3O/c1-3-4-5-6-9-17-10-7-8-13(11-17)14-15-12(2)16-18-14/h13H,3-11H2,1-2H3. The van der Waals surface area contributed by atoms with Crippen molar-refractivity contribution in [2.24, 2.45) is 0 Å². The molecule has 0 radical (unpaired) electrons. The quantitative estimate of drug-likeness (QED) is 0.728. The number of aromatic nitrogens is 2. The Kier molecular flexibility index (Phi) is 5.17. The molecular formula is C14H25N3O. The van der Waals surface area contributed by atoms with Gasteiger partial charge in [-0.3, -0.25) is 0 Å². The summed E-state index contributed by atoms with van der Waals surface area (Å²) in [5.41, 5.74) is 0. The van der Waals surface area contributed by atoms with Crippen molar-refractivity contribution >= 4 is 0 Å². The monoisotopic (exact) mass is 251 g/mol. The number of hydrogen-bond donors (Lipinski definition) is 0. The average molecular weight is 251 g/mol. The molecule has 1 fully saturated rings. The van der Waals surface area contributed by atoms with Gasteiger partial charge in [-0.1, -0.05) is 31.3 Å². The minimum absolute atomic E-state index is 0.450. The van der Waals surface area contributed by atoms with Gasteiger partial charge in [-0.15, -0.1) is 0 Å². The highest BCUT2D eigenvalue weighted by molar-refractivity contribution is 4.96. The smallest absolute Gasteiger partial charge is 0.231 e. The SMILES string of the molecule is CCCCCCN1CCCC(c2nc(C)no2)C1. The van der Waals surface area contributed by atoms with Gasteiger partial charge in [0.2, 0.25) is 5.89 Å². The van der Waals surface area contributed by atoms with Gasteiger partial charge in [-0.25, -0.2) is 0 Å². The van der Waals surface area contributed by atoms with E-state index in [1.54, 1.807) is 0 Å². The number of aryl methyl sites for hydroxylation is 1. The maximum atomic E-state index is 5.31. The summed E-state index contributed by atoms with van der Waals surface area (Å²) in [7, 11) is 0. The fraction of sp³-hybridized carbons (Fsp3) is 0.857. The molecular weight excluding hydrogens is 226 g/mol. The second-order valence-electron chi connectivity index (χ2n) is 5.38. The first kappa shape index (κ1) is 13.5. The summed E-state index contributed by atoms with van der Waals surface area (Å²) in [4.78, 5) is 6.93. The first-order valence-electron chi connectivity index (χ1n) is 7.32. The number of likely N-dealkylation sites (tertiary alicyclic amines) is 1. The molecule has 1 saturated heterocycles. The number of unbranched alkanes of at least 4 members (excludes halogenated alkanes) is 3. The average Bonchev–Trinajstić information content (AvgIpc) is 2.82. The van der Waals surface area contributed by atoms with Gasteiger partial charge in [-0.05, 0) is 39.3 Å². The molecule has 0 aliphatic carbocycles. The van der Waals surface area contributed by atoms with Crippen LogP contribution in [0.4, 0.5) is 0 Å². The lowest BCUT2D eigenvalue weighted by molar-refractivity contribution is 0.184. The Morgan fingerprint density at radius 3 is 2.94 bits per heavy atom. The molecule has 4 heteroatoms. The second kappa shape index (κ2) is 6.88. The second-order valence-corrected chi connectivity index (χ2v) is 5.38. The highest BCUT2D eigenvalue weighted by Gasteiger charge is 2.25. The Labute approximate surface area is 110 Å². The van der Waals surface area contributed by atoms with Gasteiger partial charge in [0.05, 0.1) is 5.92 Å². The molecule has 102 valence electrons. The van der Waals surface area contributed by atoms with Crippen LogP contribution in [0.2, 0.25) is 0 Å². The van der Waals surface area contributed by atoms with E-state index in [0.717, 1.165) is 18.3 Å². The van der Waals surface area contributed by atoms with Crippen molar-refractivity contribution in [2.75, 3.05) is 19.6 Å². The molecule has 1 aliphatic rings. The molecule has 1 unspecified atom stereocenters. The van der Waals surface area contributed by atoms with Crippen LogP contribution >= 0.6 is 0 Å². The van der Waals surface area contributed by atoms with E-state index in [1.807, 2.05) is 6.92 Å². The summed E-state index contributed by atoms with van der Waals surface area (Å²) in [5.74, 6) is 2.04. The fourth-order valence-corrected chi connectivity index (χ4v) is 2.70. The van der Waals surface area contributed by atoms with Crippen molar-refractivity contribution in [1.29, 1.82) is 0 Å². The molecule has 0 aromatic carbocycles. The fourth-order valence-electron chi connectivity index (χ4n) is 2.70. The largest absolute Gasteiger partial charge is 0.339 e. The van der Waals surface area contributed by atoms with Crippen LogP contribution in [0.3, 0.4) is 0 Å². The van der Waals surface area contributed by atoms with Crippen molar-refractivity contribution in [2.45, 2.75) is 58.3 Å². The summed E-state index contributed by atoms with van der Waals surface area (Å²) < 4.78 is 5.31. The minimum atomic E-state index is 0.450. The Balaban J connectivity index is 1.77. The van der Waals surface area contributed by atoms with Crippen molar-refractivity contribution in [3.8, 4) is 0 Å². The van der Waals surface area contributed by atoms with Gasteiger partial charge >= 0.3 is 0 Å². The number of rotatable bonds is 6. The lowest BCUT2D eigenvalue weighted by Crippen LogP contribution is -2.35. The summed E-state index contributed by atoms with van der Waals surface area (Å²) >= 11 is 0. The van der Waals surface area contributed by atoms with Gasteiger partial charge in [0.1, 0.15) is 0 Å². The predicted octanol–water partition coefficient (Wildman–Crippen LogP) is 3.14. The summed E-state index contributed by atoms with van der Waals surface area (Å²) in [5, 5.41) is 3.90. The third kappa shape index (κ3) is 3.80. The van der Waals surface area contributed by atoms with Crippen LogP contribution in [-0.2, 0) is 0 Å². The Morgan fingerprint density at radius 1 is 1.33 bits per heavy atom. The van der Waals surface area contributed by atoms with Crippen LogP contribution < -0.4 is 0 Å². The van der Waals surface area contributed by atoms with Crippen molar-refractivity contribution in [3.05, 3.63) is 11.7 Å². The van der Waals surface area contributed by atoms with Gasteiger partial charge < -0.3 is 9.42 Å². The first-order chi connectivity index (χ1) is 8.79. The van der Waals surface area contributed by atoms with Gasteiger partial charge in [0, 0.05) is 6.54 Å². The molecule has 0 bridgehead atoms. The van der Waals surface area contributed by atoms with Crippen LogP contribution in [0.5, 0.6) is 0 Å². The highest BCUT2D eigenvalue weighted by Crippen LogP contribution is 2.25. The van der Waals surface area contributed by atoms with Gasteiger partial charge in [0.25, 0.3) is 0 Å². The molecule has 0 saturated carbocycles. The van der Waals surface area contributed by atoms with Crippen molar-refractivity contribution in [3.63, 3.8) is 0 Å². The van der Waals surface area contributed by atoms with E-state index in [9.17, 15) is 0 Å². The van der Waals surface area contributed by atoms with Crippen molar-refractivity contribution in [1.82, 2.24) is 15.0 Å². The van der Waals surface area contributed by atoms with Gasteiger partial charge in [0.15, 0.2) is 5.82 Å².